The monoisotopic (exact) mass is 208 g/mol. The van der Waals surface area contributed by atoms with Crippen molar-refractivity contribution in [2.45, 2.75) is 18.9 Å². The fourth-order valence-corrected chi connectivity index (χ4v) is 1.76. The molecule has 2 rings (SSSR count). The van der Waals surface area contributed by atoms with Crippen LogP contribution in [0.4, 0.5) is 4.39 Å². The fraction of sp³-hybridized carbons (Fsp3) is 0.364. The molecule has 15 heavy (non-hydrogen) atoms. The maximum absolute atomic E-state index is 12.8. The normalized spacial score (nSPS) is 24.8. The lowest BCUT2D eigenvalue weighted by atomic mass is 9.89. The summed E-state index contributed by atoms with van der Waals surface area (Å²) in [6, 6.07) is 6.52. The summed E-state index contributed by atoms with van der Waals surface area (Å²) >= 11 is 0. The molecule has 0 spiro atoms. The number of hydrogen-bond donors (Lipinski definition) is 1. The number of benzene rings is 1. The molecule has 1 unspecified atom stereocenters. The topological polar surface area (TPSA) is 47.6 Å². The highest BCUT2D eigenvalue weighted by Crippen LogP contribution is 2.33. The first kappa shape index (κ1) is 9.96. The molecular weight excluding hydrogens is 195 g/mol. The van der Waals surface area contributed by atoms with Gasteiger partial charge in [0, 0.05) is 0 Å². The highest BCUT2D eigenvalue weighted by molar-refractivity contribution is 5.74. The minimum atomic E-state index is -0.433. The molecule has 0 aromatic heterocycles. The Morgan fingerprint density at radius 2 is 2.13 bits per heavy atom. The predicted octanol–water partition coefficient (Wildman–Crippen LogP) is 1.78. The second kappa shape index (κ2) is 3.53. The molecule has 0 amide bonds. The van der Waals surface area contributed by atoms with Crippen LogP contribution in [-0.4, -0.2) is 12.6 Å². The van der Waals surface area contributed by atoms with Crippen molar-refractivity contribution in [3.8, 4) is 0 Å². The van der Waals surface area contributed by atoms with Crippen molar-refractivity contribution < 1.29 is 9.13 Å². The summed E-state index contributed by atoms with van der Waals surface area (Å²) in [5.41, 5.74) is 6.01. The van der Waals surface area contributed by atoms with Gasteiger partial charge in [-0.05, 0) is 24.1 Å². The summed E-state index contributed by atoms with van der Waals surface area (Å²) in [6.07, 6.45) is 0.777. The molecule has 0 saturated heterocycles. The van der Waals surface area contributed by atoms with Crippen molar-refractivity contribution in [1.82, 2.24) is 0 Å². The second-order valence-corrected chi connectivity index (χ2v) is 3.63. The molecule has 1 heterocycles. The molecule has 0 radical (unpaired) electrons. The third kappa shape index (κ3) is 1.67. The molecule has 2 N–H and O–H groups in total. The van der Waals surface area contributed by atoms with Gasteiger partial charge in [0.05, 0.1) is 0 Å². The number of ether oxygens (including phenoxy) is 1. The van der Waals surface area contributed by atoms with Gasteiger partial charge in [-0.25, -0.2) is 9.38 Å². The molecular formula is C11H13FN2O. The average Bonchev–Trinajstić information content (AvgIpc) is 2.62. The van der Waals surface area contributed by atoms with Crippen molar-refractivity contribution in [2.75, 3.05) is 6.61 Å². The molecule has 1 aromatic carbocycles. The average molecular weight is 208 g/mol. The molecule has 3 nitrogen and oxygen atoms in total. The van der Waals surface area contributed by atoms with Crippen molar-refractivity contribution in [1.29, 1.82) is 0 Å². The molecule has 0 bridgehead atoms. The fourth-order valence-electron chi connectivity index (χ4n) is 1.76. The van der Waals surface area contributed by atoms with Gasteiger partial charge in [0.25, 0.3) is 6.02 Å². The SMILES string of the molecule is CCC1(c2ccc(F)cc2)COC(N)=N1. The van der Waals surface area contributed by atoms with Gasteiger partial charge in [-0.1, -0.05) is 19.1 Å². The molecule has 4 heteroatoms. The first-order valence-electron chi connectivity index (χ1n) is 4.90. The van der Waals surface area contributed by atoms with E-state index in [1.54, 1.807) is 12.1 Å². The number of hydrogen-bond acceptors (Lipinski definition) is 3. The van der Waals surface area contributed by atoms with Crippen molar-refractivity contribution in [3.05, 3.63) is 35.6 Å². The quantitative estimate of drug-likeness (QED) is 0.805. The van der Waals surface area contributed by atoms with Crippen LogP contribution in [0.1, 0.15) is 18.9 Å². The van der Waals surface area contributed by atoms with Crippen molar-refractivity contribution in [2.24, 2.45) is 10.7 Å². The lowest BCUT2D eigenvalue weighted by molar-refractivity contribution is 0.248. The predicted molar refractivity (Wildman–Crippen MR) is 55.9 cm³/mol. The highest BCUT2D eigenvalue weighted by Gasteiger charge is 2.36. The number of rotatable bonds is 2. The minimum absolute atomic E-state index is 0.209. The van der Waals surface area contributed by atoms with E-state index < -0.39 is 5.54 Å². The van der Waals surface area contributed by atoms with E-state index in [4.69, 9.17) is 10.5 Å². The number of amidine groups is 1. The van der Waals surface area contributed by atoms with Gasteiger partial charge in [-0.2, -0.15) is 0 Å². The van der Waals surface area contributed by atoms with Crippen molar-refractivity contribution in [3.63, 3.8) is 0 Å². The van der Waals surface area contributed by atoms with Crippen LogP contribution < -0.4 is 5.73 Å². The van der Waals surface area contributed by atoms with E-state index in [9.17, 15) is 4.39 Å². The smallest absolute Gasteiger partial charge is 0.283 e. The number of aliphatic imine (C=N–C) groups is 1. The molecule has 1 aliphatic heterocycles. The summed E-state index contributed by atoms with van der Waals surface area (Å²) in [6.45, 7) is 2.44. The zero-order valence-electron chi connectivity index (χ0n) is 8.53. The van der Waals surface area contributed by atoms with Gasteiger partial charge in [0.1, 0.15) is 18.0 Å². The van der Waals surface area contributed by atoms with Crippen molar-refractivity contribution >= 4 is 6.02 Å². The zero-order valence-corrected chi connectivity index (χ0v) is 8.53. The molecule has 1 atom stereocenters. The molecule has 80 valence electrons. The lowest BCUT2D eigenvalue weighted by Crippen LogP contribution is -2.24. The van der Waals surface area contributed by atoms with E-state index >= 15 is 0 Å². The van der Waals surface area contributed by atoms with Crippen LogP contribution in [0.3, 0.4) is 0 Å². The van der Waals surface area contributed by atoms with E-state index in [1.807, 2.05) is 6.92 Å². The Balaban J connectivity index is 2.39. The number of nitrogens with two attached hydrogens (primary N) is 1. The largest absolute Gasteiger partial charge is 0.462 e. The van der Waals surface area contributed by atoms with Gasteiger partial charge >= 0.3 is 0 Å². The minimum Gasteiger partial charge on any atom is -0.462 e. The Morgan fingerprint density at radius 3 is 2.60 bits per heavy atom. The second-order valence-electron chi connectivity index (χ2n) is 3.63. The van der Waals surface area contributed by atoms with E-state index in [-0.39, 0.29) is 11.8 Å². The Morgan fingerprint density at radius 1 is 1.47 bits per heavy atom. The van der Waals surface area contributed by atoms with Crippen LogP contribution in [0.15, 0.2) is 29.3 Å². The lowest BCUT2D eigenvalue weighted by Gasteiger charge is -2.22. The third-order valence-electron chi connectivity index (χ3n) is 2.75. The zero-order chi connectivity index (χ0) is 10.9. The van der Waals surface area contributed by atoms with E-state index in [0.29, 0.717) is 6.61 Å². The maximum atomic E-state index is 12.8. The van der Waals surface area contributed by atoms with Crippen LogP contribution in [0, 0.1) is 5.82 Å². The van der Waals surface area contributed by atoms with E-state index in [1.165, 1.54) is 12.1 Å². The molecule has 1 aromatic rings. The van der Waals surface area contributed by atoms with Crippen LogP contribution in [-0.2, 0) is 10.3 Å². The van der Waals surface area contributed by atoms with E-state index in [2.05, 4.69) is 4.99 Å². The summed E-state index contributed by atoms with van der Waals surface area (Å²) in [7, 11) is 0. The highest BCUT2D eigenvalue weighted by atomic mass is 19.1. The van der Waals surface area contributed by atoms with Crippen LogP contribution >= 0.6 is 0 Å². The standard InChI is InChI=1S/C11H13FN2O/c1-2-11(7-15-10(13)14-11)8-3-5-9(12)6-4-8/h3-6H,2,7H2,1H3,(H2,13,14). The molecule has 1 aliphatic rings. The van der Waals surface area contributed by atoms with E-state index in [0.717, 1.165) is 12.0 Å². The summed E-state index contributed by atoms with van der Waals surface area (Å²) in [4.78, 5) is 4.29. The molecule has 0 saturated carbocycles. The molecule has 0 aliphatic carbocycles. The maximum Gasteiger partial charge on any atom is 0.283 e. The Kier molecular flexibility index (Phi) is 2.34. The third-order valence-corrected chi connectivity index (χ3v) is 2.75. The Hall–Kier alpha value is -1.58. The van der Waals surface area contributed by atoms with Gasteiger partial charge in [0.15, 0.2) is 0 Å². The first-order valence-corrected chi connectivity index (χ1v) is 4.90. The summed E-state index contributed by atoms with van der Waals surface area (Å²) in [5.74, 6) is -0.249. The van der Waals surface area contributed by atoms with Gasteiger partial charge in [0.2, 0.25) is 0 Å². The first-order chi connectivity index (χ1) is 7.16. The van der Waals surface area contributed by atoms with Gasteiger partial charge < -0.3 is 10.5 Å². The number of nitrogens with zero attached hydrogens (tertiary/aromatic N) is 1. The Labute approximate surface area is 87.8 Å². The summed E-state index contributed by atoms with van der Waals surface area (Å²) in [5, 5.41) is 0. The van der Waals surface area contributed by atoms with Gasteiger partial charge in [-0.15, -0.1) is 0 Å². The number of halogens is 1. The van der Waals surface area contributed by atoms with Gasteiger partial charge in [-0.3, -0.25) is 0 Å². The van der Waals surface area contributed by atoms with Crippen LogP contribution in [0.2, 0.25) is 0 Å². The van der Waals surface area contributed by atoms with Crippen LogP contribution in [0.5, 0.6) is 0 Å². The Bertz CT molecular complexity index is 388. The molecule has 0 fully saturated rings. The summed E-state index contributed by atoms with van der Waals surface area (Å²) < 4.78 is 18.0. The van der Waals surface area contributed by atoms with Crippen LogP contribution in [0.25, 0.3) is 0 Å².